The molecule has 0 saturated heterocycles. The number of rotatable bonds is 6. The van der Waals surface area contributed by atoms with Crippen molar-refractivity contribution in [2.45, 2.75) is 31.7 Å². The van der Waals surface area contributed by atoms with E-state index in [0.717, 1.165) is 12.8 Å². The first-order valence-electron chi connectivity index (χ1n) is 8.76. The molecule has 7 nitrogen and oxygen atoms in total. The van der Waals surface area contributed by atoms with Crippen molar-refractivity contribution < 1.29 is 9.59 Å². The number of anilines is 1. The van der Waals surface area contributed by atoms with Gasteiger partial charge in [0.05, 0.1) is 22.8 Å². The Morgan fingerprint density at radius 1 is 1.12 bits per heavy atom. The van der Waals surface area contributed by atoms with Crippen molar-refractivity contribution in [1.29, 1.82) is 0 Å². The second-order valence-electron chi connectivity index (χ2n) is 6.22. The first-order chi connectivity index (χ1) is 12.6. The summed E-state index contributed by atoms with van der Waals surface area (Å²) in [6, 6.07) is 8.66. The second-order valence-corrected chi connectivity index (χ2v) is 6.62. The molecule has 138 valence electrons. The summed E-state index contributed by atoms with van der Waals surface area (Å²) >= 11 is 5.98. The summed E-state index contributed by atoms with van der Waals surface area (Å²) in [5.74, 6) is 0.423. The summed E-state index contributed by atoms with van der Waals surface area (Å²) in [4.78, 5) is 24.1. The zero-order chi connectivity index (χ0) is 18.4. The predicted octanol–water partition coefficient (Wildman–Crippen LogP) is 3.20. The number of carbonyl (C=O) groups is 2. The molecule has 0 unspecified atom stereocenters. The lowest BCUT2D eigenvalue weighted by Crippen LogP contribution is -2.37. The molecule has 0 atom stereocenters. The van der Waals surface area contributed by atoms with Gasteiger partial charge in [0, 0.05) is 19.2 Å². The van der Waals surface area contributed by atoms with Crippen LogP contribution in [0.25, 0.3) is 0 Å². The normalized spacial score (nSPS) is 14.2. The number of hydrogen-bond acceptors (Lipinski definition) is 3. The van der Waals surface area contributed by atoms with Gasteiger partial charge in [0.2, 0.25) is 0 Å². The number of amides is 3. The van der Waals surface area contributed by atoms with E-state index in [1.807, 2.05) is 4.68 Å². The maximum atomic E-state index is 12.0. The summed E-state index contributed by atoms with van der Waals surface area (Å²) < 4.78 is 1.88. The van der Waals surface area contributed by atoms with Crippen LogP contribution in [0.4, 0.5) is 10.6 Å². The average molecular weight is 376 g/mol. The Labute approximate surface area is 157 Å². The highest BCUT2D eigenvalue weighted by molar-refractivity contribution is 6.33. The Bertz CT molecular complexity index is 770. The van der Waals surface area contributed by atoms with Gasteiger partial charge in [0.1, 0.15) is 5.82 Å². The van der Waals surface area contributed by atoms with E-state index in [4.69, 9.17) is 11.6 Å². The minimum Gasteiger partial charge on any atom is -0.350 e. The van der Waals surface area contributed by atoms with E-state index < -0.39 is 0 Å². The van der Waals surface area contributed by atoms with Gasteiger partial charge in [-0.25, -0.2) is 9.48 Å². The molecule has 0 bridgehead atoms. The number of nitrogens with one attached hydrogen (secondary N) is 3. The highest BCUT2D eigenvalue weighted by Crippen LogP contribution is 2.31. The summed E-state index contributed by atoms with van der Waals surface area (Å²) in [5.41, 5.74) is 0.416. The van der Waals surface area contributed by atoms with Gasteiger partial charge in [0.25, 0.3) is 5.91 Å². The van der Waals surface area contributed by atoms with E-state index in [-0.39, 0.29) is 11.9 Å². The van der Waals surface area contributed by atoms with Crippen LogP contribution in [-0.2, 0) is 0 Å². The van der Waals surface area contributed by atoms with E-state index in [1.165, 1.54) is 12.8 Å². The number of urea groups is 1. The molecule has 26 heavy (non-hydrogen) atoms. The number of hydrogen-bond donors (Lipinski definition) is 3. The van der Waals surface area contributed by atoms with Crippen molar-refractivity contribution in [3.05, 3.63) is 47.1 Å². The van der Waals surface area contributed by atoms with Gasteiger partial charge in [-0.05, 0) is 25.0 Å². The van der Waals surface area contributed by atoms with E-state index in [1.54, 1.807) is 36.5 Å². The van der Waals surface area contributed by atoms with Crippen LogP contribution in [0, 0.1) is 0 Å². The van der Waals surface area contributed by atoms with Crippen LogP contribution in [0.1, 0.15) is 42.1 Å². The molecule has 1 aromatic carbocycles. The summed E-state index contributed by atoms with van der Waals surface area (Å²) in [6.07, 6.45) is 6.26. The monoisotopic (exact) mass is 375 g/mol. The Hall–Kier alpha value is -2.54. The highest BCUT2D eigenvalue weighted by Gasteiger charge is 2.20. The molecule has 1 aliphatic carbocycles. The first kappa shape index (κ1) is 18.3. The number of carbonyl (C=O) groups excluding carboxylic acids is 2. The van der Waals surface area contributed by atoms with E-state index in [0.29, 0.717) is 35.5 Å². The molecule has 0 radical (unpaired) electrons. The van der Waals surface area contributed by atoms with Crippen LogP contribution >= 0.6 is 11.6 Å². The fourth-order valence-corrected chi connectivity index (χ4v) is 3.33. The Kier molecular flexibility index (Phi) is 6.12. The number of aromatic nitrogens is 2. The van der Waals surface area contributed by atoms with Gasteiger partial charge in [-0.1, -0.05) is 36.6 Å². The minimum atomic E-state index is -0.322. The molecule has 3 N–H and O–H groups in total. The molecule has 0 spiro atoms. The fourth-order valence-electron chi connectivity index (χ4n) is 3.11. The maximum absolute atomic E-state index is 12.0. The minimum absolute atomic E-state index is 0.267. The lowest BCUT2D eigenvalue weighted by molar-refractivity contribution is 0.0954. The summed E-state index contributed by atoms with van der Waals surface area (Å²) in [6.45, 7) is 0.610. The van der Waals surface area contributed by atoms with Crippen molar-refractivity contribution in [1.82, 2.24) is 20.4 Å². The van der Waals surface area contributed by atoms with Crippen LogP contribution < -0.4 is 16.0 Å². The van der Waals surface area contributed by atoms with Gasteiger partial charge in [-0.3, -0.25) is 10.1 Å². The van der Waals surface area contributed by atoms with Crippen LogP contribution in [0.15, 0.2) is 36.5 Å². The Morgan fingerprint density at radius 2 is 1.85 bits per heavy atom. The number of nitrogens with zero attached hydrogens (tertiary/aromatic N) is 2. The molecule has 8 heteroatoms. The molecule has 1 fully saturated rings. The molecule has 1 heterocycles. The van der Waals surface area contributed by atoms with E-state index in [9.17, 15) is 9.59 Å². The van der Waals surface area contributed by atoms with Gasteiger partial charge in [-0.15, -0.1) is 0 Å². The highest BCUT2D eigenvalue weighted by atomic mass is 35.5. The predicted molar refractivity (Wildman–Crippen MR) is 101 cm³/mol. The van der Waals surface area contributed by atoms with Crippen molar-refractivity contribution in [2.75, 3.05) is 18.4 Å². The molecule has 2 aromatic rings. The third-order valence-electron chi connectivity index (χ3n) is 4.40. The van der Waals surface area contributed by atoms with Crippen LogP contribution in [0.2, 0.25) is 5.02 Å². The topological polar surface area (TPSA) is 88.1 Å². The lowest BCUT2D eigenvalue weighted by atomic mass is 10.2. The standard InChI is InChI=1S/C18H22ClN5O2/c19-15-8-4-3-7-14(15)17(25)20-11-12-21-18(26)23-16-9-10-22-24(16)13-5-1-2-6-13/h3-4,7-10,13H,1-2,5-6,11-12H2,(H,20,25)(H2,21,23,26). The largest absolute Gasteiger partial charge is 0.350 e. The smallest absolute Gasteiger partial charge is 0.320 e. The third-order valence-corrected chi connectivity index (χ3v) is 4.73. The molecule has 1 aromatic heterocycles. The average Bonchev–Trinajstić information content (AvgIpc) is 3.30. The zero-order valence-corrected chi connectivity index (χ0v) is 15.1. The van der Waals surface area contributed by atoms with Gasteiger partial charge >= 0.3 is 6.03 Å². The molecule has 3 amide bonds. The first-order valence-corrected chi connectivity index (χ1v) is 9.14. The molecule has 0 aliphatic heterocycles. The van der Waals surface area contributed by atoms with Crippen LogP contribution in [-0.4, -0.2) is 34.8 Å². The molecular weight excluding hydrogens is 354 g/mol. The van der Waals surface area contributed by atoms with Crippen molar-refractivity contribution >= 4 is 29.4 Å². The lowest BCUT2D eigenvalue weighted by Gasteiger charge is -2.15. The SMILES string of the molecule is O=C(NCCNC(=O)c1ccccc1Cl)Nc1ccnn1C1CCCC1. The van der Waals surface area contributed by atoms with Crippen molar-refractivity contribution in [3.63, 3.8) is 0 Å². The number of benzene rings is 1. The number of halogens is 1. The Morgan fingerprint density at radius 3 is 2.62 bits per heavy atom. The van der Waals surface area contributed by atoms with Crippen LogP contribution in [0.3, 0.4) is 0 Å². The van der Waals surface area contributed by atoms with Gasteiger partial charge in [-0.2, -0.15) is 5.10 Å². The van der Waals surface area contributed by atoms with Gasteiger partial charge < -0.3 is 10.6 Å². The maximum Gasteiger partial charge on any atom is 0.320 e. The van der Waals surface area contributed by atoms with Crippen molar-refractivity contribution in [3.8, 4) is 0 Å². The molecule has 3 rings (SSSR count). The quantitative estimate of drug-likeness (QED) is 0.677. The van der Waals surface area contributed by atoms with Crippen LogP contribution in [0.5, 0.6) is 0 Å². The summed E-state index contributed by atoms with van der Waals surface area (Å²) in [7, 11) is 0. The Balaban J connectivity index is 1.42. The molecule has 1 saturated carbocycles. The zero-order valence-electron chi connectivity index (χ0n) is 14.4. The van der Waals surface area contributed by atoms with Gasteiger partial charge in [0.15, 0.2) is 0 Å². The molecule has 1 aliphatic rings. The van der Waals surface area contributed by atoms with E-state index in [2.05, 4.69) is 21.0 Å². The second kappa shape index (κ2) is 8.71. The van der Waals surface area contributed by atoms with E-state index >= 15 is 0 Å². The third kappa shape index (κ3) is 4.54. The summed E-state index contributed by atoms with van der Waals surface area (Å²) in [5, 5.41) is 13.0. The fraction of sp³-hybridized carbons (Fsp3) is 0.389. The molecular formula is C18H22ClN5O2. The van der Waals surface area contributed by atoms with Crippen molar-refractivity contribution in [2.24, 2.45) is 0 Å².